The number of esters is 2. The lowest BCUT2D eigenvalue weighted by molar-refractivity contribution is -0.143. The standard InChI is InChI=1S/C18H21I3N2O7/c1-8(24)27-5-10-13(19)11(6-28-9(2)25)15(21)16(14(10)20)23-17(26)22-12-7-29-18(3,4)30-12/h12H,5-7H2,1-4H3,(H2,22,23,26). The summed E-state index contributed by atoms with van der Waals surface area (Å²) >= 11 is 6.31. The third-order valence-corrected chi connectivity index (χ3v) is 7.56. The topological polar surface area (TPSA) is 112 Å². The van der Waals surface area contributed by atoms with Gasteiger partial charge < -0.3 is 29.6 Å². The first kappa shape index (κ1) is 25.8. The summed E-state index contributed by atoms with van der Waals surface area (Å²) in [5.41, 5.74) is 1.95. The summed E-state index contributed by atoms with van der Waals surface area (Å²) in [4.78, 5) is 35.2. The van der Waals surface area contributed by atoms with Crippen molar-refractivity contribution in [3.05, 3.63) is 21.8 Å². The Hall–Kier alpha value is -0.460. The van der Waals surface area contributed by atoms with E-state index in [-0.39, 0.29) is 19.8 Å². The lowest BCUT2D eigenvalue weighted by atomic mass is 10.1. The zero-order valence-corrected chi connectivity index (χ0v) is 23.2. The van der Waals surface area contributed by atoms with E-state index in [0.717, 1.165) is 3.57 Å². The van der Waals surface area contributed by atoms with Crippen LogP contribution >= 0.6 is 67.8 Å². The molecule has 1 atom stereocenters. The highest BCUT2D eigenvalue weighted by molar-refractivity contribution is 14.1. The fourth-order valence-electron chi connectivity index (χ4n) is 2.54. The monoisotopic (exact) mass is 758 g/mol. The Morgan fingerprint density at radius 3 is 1.90 bits per heavy atom. The fraction of sp³-hybridized carbons (Fsp3) is 0.500. The number of halogens is 3. The molecule has 0 radical (unpaired) electrons. The summed E-state index contributed by atoms with van der Waals surface area (Å²) in [5, 5.41) is 5.55. The van der Waals surface area contributed by atoms with E-state index < -0.39 is 30.0 Å². The first-order valence-electron chi connectivity index (χ1n) is 8.75. The number of carbonyl (C=O) groups is 3. The summed E-state index contributed by atoms with van der Waals surface area (Å²) in [6.07, 6.45) is -0.583. The lowest BCUT2D eigenvalue weighted by Crippen LogP contribution is -2.40. The van der Waals surface area contributed by atoms with Gasteiger partial charge in [-0.1, -0.05) is 0 Å². The molecule has 9 nitrogen and oxygen atoms in total. The Bertz CT molecular complexity index is 816. The first-order chi connectivity index (χ1) is 13.9. The smallest absolute Gasteiger partial charge is 0.321 e. The van der Waals surface area contributed by atoms with Crippen molar-refractivity contribution in [3.63, 3.8) is 0 Å². The number of ether oxygens (including phenoxy) is 4. The minimum Gasteiger partial charge on any atom is -0.461 e. The van der Waals surface area contributed by atoms with E-state index in [4.69, 9.17) is 18.9 Å². The van der Waals surface area contributed by atoms with E-state index in [1.54, 1.807) is 13.8 Å². The molecule has 1 aromatic carbocycles. The summed E-state index contributed by atoms with van der Waals surface area (Å²) in [6.45, 7) is 6.46. The molecular formula is C18H21I3N2O7. The molecule has 1 saturated heterocycles. The maximum absolute atomic E-state index is 12.6. The third-order valence-electron chi connectivity index (χ3n) is 3.88. The minimum absolute atomic E-state index is 0.0277. The molecule has 1 aliphatic rings. The van der Waals surface area contributed by atoms with Crippen molar-refractivity contribution in [2.24, 2.45) is 0 Å². The number of benzene rings is 1. The number of hydrogen-bond acceptors (Lipinski definition) is 7. The molecule has 166 valence electrons. The average molecular weight is 758 g/mol. The molecule has 2 amide bonds. The van der Waals surface area contributed by atoms with Crippen molar-refractivity contribution in [1.82, 2.24) is 5.32 Å². The second kappa shape index (κ2) is 10.9. The van der Waals surface area contributed by atoms with Gasteiger partial charge in [0.15, 0.2) is 12.0 Å². The predicted molar refractivity (Wildman–Crippen MR) is 133 cm³/mol. The van der Waals surface area contributed by atoms with E-state index in [1.807, 2.05) is 0 Å². The van der Waals surface area contributed by atoms with E-state index in [9.17, 15) is 14.4 Å². The number of amides is 2. The second-order valence-corrected chi connectivity index (χ2v) is 9.99. The Morgan fingerprint density at radius 2 is 1.50 bits per heavy atom. The van der Waals surface area contributed by atoms with Crippen LogP contribution in [0.3, 0.4) is 0 Å². The number of carbonyl (C=O) groups excluding carboxylic acids is 3. The number of anilines is 1. The van der Waals surface area contributed by atoms with E-state index in [0.29, 0.717) is 24.0 Å². The molecule has 1 fully saturated rings. The lowest BCUT2D eigenvalue weighted by Gasteiger charge is -2.21. The highest BCUT2D eigenvalue weighted by Crippen LogP contribution is 2.36. The van der Waals surface area contributed by atoms with Crippen LogP contribution in [0.5, 0.6) is 0 Å². The first-order valence-corrected chi connectivity index (χ1v) is 12.0. The number of nitrogens with one attached hydrogen (secondary N) is 2. The third kappa shape index (κ3) is 7.03. The molecule has 0 spiro atoms. The van der Waals surface area contributed by atoms with Gasteiger partial charge in [-0.05, 0) is 81.6 Å². The van der Waals surface area contributed by atoms with E-state index in [1.165, 1.54) is 13.8 Å². The molecule has 1 aromatic rings. The minimum atomic E-state index is -0.766. The van der Waals surface area contributed by atoms with Crippen LogP contribution in [-0.4, -0.2) is 36.6 Å². The normalized spacial score (nSPS) is 17.4. The van der Waals surface area contributed by atoms with Crippen LogP contribution in [0.1, 0.15) is 38.8 Å². The largest absolute Gasteiger partial charge is 0.461 e. The van der Waals surface area contributed by atoms with Gasteiger partial charge >= 0.3 is 18.0 Å². The SMILES string of the molecule is CC(=O)OCc1c(I)c(COC(C)=O)c(I)c(NC(=O)NC2COC(C)(C)O2)c1I. The zero-order valence-electron chi connectivity index (χ0n) is 16.7. The van der Waals surface area contributed by atoms with E-state index in [2.05, 4.69) is 78.4 Å². The van der Waals surface area contributed by atoms with Crippen LogP contribution in [0, 0.1) is 10.7 Å². The van der Waals surface area contributed by atoms with Crippen molar-refractivity contribution in [2.45, 2.75) is 52.9 Å². The summed E-state index contributed by atoms with van der Waals surface area (Å²) in [5.74, 6) is -1.61. The number of hydrogen-bond donors (Lipinski definition) is 2. The van der Waals surface area contributed by atoms with Crippen LogP contribution < -0.4 is 10.6 Å². The van der Waals surface area contributed by atoms with E-state index >= 15 is 0 Å². The van der Waals surface area contributed by atoms with Crippen molar-refractivity contribution in [3.8, 4) is 0 Å². The molecule has 0 saturated carbocycles. The fourth-order valence-corrected chi connectivity index (χ4v) is 6.60. The molecule has 30 heavy (non-hydrogen) atoms. The van der Waals surface area contributed by atoms with Crippen LogP contribution in [0.2, 0.25) is 0 Å². The predicted octanol–water partition coefficient (Wildman–Crippen LogP) is 3.86. The van der Waals surface area contributed by atoms with Crippen LogP contribution in [0.15, 0.2) is 0 Å². The van der Waals surface area contributed by atoms with Gasteiger partial charge in [0.2, 0.25) is 0 Å². The molecule has 2 N–H and O–H groups in total. The quantitative estimate of drug-likeness (QED) is 0.335. The van der Waals surface area contributed by atoms with Gasteiger partial charge in [-0.3, -0.25) is 9.59 Å². The van der Waals surface area contributed by atoms with Gasteiger partial charge in [0.05, 0.1) is 12.3 Å². The molecule has 2 rings (SSSR count). The van der Waals surface area contributed by atoms with Crippen LogP contribution in [0.25, 0.3) is 0 Å². The second-order valence-electron chi connectivity index (χ2n) is 6.75. The van der Waals surface area contributed by atoms with Gasteiger partial charge in [-0.15, -0.1) is 0 Å². The van der Waals surface area contributed by atoms with Crippen LogP contribution in [-0.2, 0) is 41.8 Å². The van der Waals surface area contributed by atoms with Crippen molar-refractivity contribution >= 4 is 91.4 Å². The van der Waals surface area contributed by atoms with Crippen molar-refractivity contribution in [1.29, 1.82) is 0 Å². The number of urea groups is 1. The zero-order chi connectivity index (χ0) is 22.6. The molecular weight excluding hydrogens is 737 g/mol. The molecule has 1 heterocycles. The maximum Gasteiger partial charge on any atom is 0.321 e. The molecule has 1 unspecified atom stereocenters. The van der Waals surface area contributed by atoms with Crippen molar-refractivity contribution in [2.75, 3.05) is 11.9 Å². The van der Waals surface area contributed by atoms with Gasteiger partial charge in [-0.2, -0.15) is 0 Å². The maximum atomic E-state index is 12.6. The molecule has 0 aromatic heterocycles. The highest BCUT2D eigenvalue weighted by atomic mass is 127. The molecule has 12 heteroatoms. The highest BCUT2D eigenvalue weighted by Gasteiger charge is 2.34. The summed E-state index contributed by atoms with van der Waals surface area (Å²) in [6, 6.07) is -0.477. The van der Waals surface area contributed by atoms with Gasteiger partial charge in [-0.25, -0.2) is 4.79 Å². The number of rotatable bonds is 6. The summed E-state index contributed by atoms with van der Waals surface area (Å²) < 4.78 is 23.6. The van der Waals surface area contributed by atoms with Gasteiger partial charge in [0, 0.05) is 35.7 Å². The van der Waals surface area contributed by atoms with Gasteiger partial charge in [0.25, 0.3) is 0 Å². The molecule has 0 aliphatic carbocycles. The Labute approximate surface area is 215 Å². The van der Waals surface area contributed by atoms with Crippen molar-refractivity contribution < 1.29 is 33.3 Å². The van der Waals surface area contributed by atoms with Crippen LogP contribution in [0.4, 0.5) is 10.5 Å². The van der Waals surface area contributed by atoms with Gasteiger partial charge in [0.1, 0.15) is 13.2 Å². The summed E-state index contributed by atoms with van der Waals surface area (Å²) in [7, 11) is 0. The Kier molecular flexibility index (Phi) is 9.38. The Balaban J connectivity index is 2.32. The molecule has 0 bridgehead atoms. The molecule has 1 aliphatic heterocycles. The average Bonchev–Trinajstić information content (AvgIpc) is 2.96. The Morgan fingerprint density at radius 1 is 1.00 bits per heavy atom.